The molecule has 0 spiro atoms. The third kappa shape index (κ3) is 1.46. The highest BCUT2D eigenvalue weighted by atomic mass is 32.1. The monoisotopic (exact) mass is 202 g/mol. The predicted molar refractivity (Wildman–Crippen MR) is 62.4 cm³/mol. The first kappa shape index (κ1) is 9.09. The summed E-state index contributed by atoms with van der Waals surface area (Å²) in [5.41, 5.74) is 8.62. The second-order valence-electron chi connectivity index (χ2n) is 3.22. The summed E-state index contributed by atoms with van der Waals surface area (Å²) in [6, 6.07) is 7.81. The molecule has 14 heavy (non-hydrogen) atoms. The summed E-state index contributed by atoms with van der Waals surface area (Å²) >= 11 is 4.93. The average molecular weight is 202 g/mol. The van der Waals surface area contributed by atoms with Gasteiger partial charge < -0.3 is 5.73 Å². The van der Waals surface area contributed by atoms with E-state index in [2.05, 4.69) is 4.98 Å². The first-order valence-electron chi connectivity index (χ1n) is 4.33. The maximum Gasteiger partial charge on any atom is 0.104 e. The van der Waals surface area contributed by atoms with Gasteiger partial charge in [0.1, 0.15) is 4.99 Å². The van der Waals surface area contributed by atoms with Gasteiger partial charge in [0.15, 0.2) is 0 Å². The van der Waals surface area contributed by atoms with E-state index in [1.165, 1.54) is 5.56 Å². The van der Waals surface area contributed by atoms with Crippen LogP contribution in [0.15, 0.2) is 30.5 Å². The zero-order chi connectivity index (χ0) is 10.1. The smallest absolute Gasteiger partial charge is 0.104 e. The van der Waals surface area contributed by atoms with Crippen molar-refractivity contribution in [1.29, 1.82) is 0 Å². The van der Waals surface area contributed by atoms with E-state index in [-0.39, 0.29) is 0 Å². The molecule has 0 bridgehead atoms. The molecule has 0 saturated heterocycles. The number of aromatic nitrogens is 1. The van der Waals surface area contributed by atoms with Gasteiger partial charge in [0.05, 0.1) is 5.52 Å². The minimum Gasteiger partial charge on any atom is -0.389 e. The maximum atomic E-state index is 5.57. The highest BCUT2D eigenvalue weighted by molar-refractivity contribution is 7.80. The Hall–Kier alpha value is -1.48. The summed E-state index contributed by atoms with van der Waals surface area (Å²) in [7, 11) is 0. The van der Waals surface area contributed by atoms with Crippen molar-refractivity contribution in [2.75, 3.05) is 0 Å². The van der Waals surface area contributed by atoms with E-state index < -0.39 is 0 Å². The number of nitrogens with zero attached hydrogens (tertiary/aromatic N) is 1. The third-order valence-electron chi connectivity index (χ3n) is 2.24. The molecule has 1 aromatic heterocycles. The molecule has 0 saturated carbocycles. The van der Waals surface area contributed by atoms with Crippen molar-refractivity contribution in [1.82, 2.24) is 4.98 Å². The Morgan fingerprint density at radius 3 is 2.86 bits per heavy atom. The summed E-state index contributed by atoms with van der Waals surface area (Å²) in [5, 5.41) is 1.11. The van der Waals surface area contributed by atoms with Gasteiger partial charge in [-0.25, -0.2) is 0 Å². The van der Waals surface area contributed by atoms with Crippen molar-refractivity contribution in [3.8, 4) is 0 Å². The zero-order valence-corrected chi connectivity index (χ0v) is 8.64. The Bertz CT molecular complexity index is 506. The van der Waals surface area contributed by atoms with Gasteiger partial charge >= 0.3 is 0 Å². The normalized spacial score (nSPS) is 10.4. The van der Waals surface area contributed by atoms with Crippen molar-refractivity contribution < 1.29 is 0 Å². The van der Waals surface area contributed by atoms with Crippen LogP contribution in [0.1, 0.15) is 11.1 Å². The predicted octanol–water partition coefficient (Wildman–Crippen LogP) is 2.18. The minimum atomic E-state index is 0.426. The van der Waals surface area contributed by atoms with Crippen molar-refractivity contribution in [3.05, 3.63) is 41.6 Å². The van der Waals surface area contributed by atoms with Gasteiger partial charge in [-0.1, -0.05) is 12.2 Å². The summed E-state index contributed by atoms with van der Waals surface area (Å²) in [5.74, 6) is 0. The van der Waals surface area contributed by atoms with Crippen molar-refractivity contribution in [2.24, 2.45) is 5.73 Å². The molecular weight excluding hydrogens is 192 g/mol. The largest absolute Gasteiger partial charge is 0.389 e. The lowest BCUT2D eigenvalue weighted by Crippen LogP contribution is -2.08. The SMILES string of the molecule is Cc1ccnc2ccc(C(N)=S)cc12. The third-order valence-corrected chi connectivity index (χ3v) is 2.48. The summed E-state index contributed by atoms with van der Waals surface area (Å²) in [4.78, 5) is 4.68. The number of aryl methyl sites for hydroxylation is 1. The standard InChI is InChI=1S/C11H10N2S/c1-7-4-5-13-10-3-2-8(11(12)14)6-9(7)10/h2-6H,1H3,(H2,12,14). The molecular formula is C11H10N2S. The van der Waals surface area contributed by atoms with Crippen LogP contribution in [0, 0.1) is 6.92 Å². The number of hydrogen-bond acceptors (Lipinski definition) is 2. The quantitative estimate of drug-likeness (QED) is 0.720. The number of hydrogen-bond donors (Lipinski definition) is 1. The highest BCUT2D eigenvalue weighted by Gasteiger charge is 2.01. The topological polar surface area (TPSA) is 38.9 Å². The number of fused-ring (bicyclic) bond motifs is 1. The van der Waals surface area contributed by atoms with Crippen molar-refractivity contribution in [2.45, 2.75) is 6.92 Å². The van der Waals surface area contributed by atoms with Gasteiger partial charge in [0.2, 0.25) is 0 Å². The second-order valence-corrected chi connectivity index (χ2v) is 3.66. The van der Waals surface area contributed by atoms with Crippen LogP contribution in [0.25, 0.3) is 10.9 Å². The van der Waals surface area contributed by atoms with Crippen LogP contribution >= 0.6 is 12.2 Å². The summed E-state index contributed by atoms with van der Waals surface area (Å²) in [6.45, 7) is 2.05. The molecule has 0 fully saturated rings. The van der Waals surface area contributed by atoms with Crippen LogP contribution in [-0.2, 0) is 0 Å². The molecule has 0 radical (unpaired) electrons. The van der Waals surface area contributed by atoms with Gasteiger partial charge in [-0.3, -0.25) is 4.98 Å². The Morgan fingerprint density at radius 1 is 1.36 bits per heavy atom. The van der Waals surface area contributed by atoms with Gasteiger partial charge in [0, 0.05) is 17.1 Å². The highest BCUT2D eigenvalue weighted by Crippen LogP contribution is 2.17. The van der Waals surface area contributed by atoms with Crippen molar-refractivity contribution in [3.63, 3.8) is 0 Å². The zero-order valence-electron chi connectivity index (χ0n) is 7.82. The lowest BCUT2D eigenvalue weighted by Gasteiger charge is -2.03. The minimum absolute atomic E-state index is 0.426. The molecule has 2 aromatic rings. The lowest BCUT2D eigenvalue weighted by atomic mass is 10.1. The van der Waals surface area contributed by atoms with E-state index in [0.29, 0.717) is 4.99 Å². The van der Waals surface area contributed by atoms with Crippen LogP contribution < -0.4 is 5.73 Å². The van der Waals surface area contributed by atoms with Crippen LogP contribution in [0.3, 0.4) is 0 Å². The molecule has 0 unspecified atom stereocenters. The Kier molecular flexibility index (Phi) is 2.17. The molecule has 3 heteroatoms. The number of benzene rings is 1. The van der Waals surface area contributed by atoms with Crippen LogP contribution in [-0.4, -0.2) is 9.97 Å². The maximum absolute atomic E-state index is 5.57. The molecule has 0 amide bonds. The lowest BCUT2D eigenvalue weighted by molar-refractivity contribution is 1.37. The second kappa shape index (κ2) is 3.35. The molecule has 1 heterocycles. The number of thiocarbonyl (C=S) groups is 1. The number of pyridine rings is 1. The fraction of sp³-hybridized carbons (Fsp3) is 0.0909. The summed E-state index contributed by atoms with van der Waals surface area (Å²) < 4.78 is 0. The average Bonchev–Trinajstić information content (AvgIpc) is 2.18. The number of nitrogens with two attached hydrogens (primary N) is 1. The fourth-order valence-corrected chi connectivity index (χ4v) is 1.56. The Balaban J connectivity index is 2.76. The first-order chi connectivity index (χ1) is 6.68. The van der Waals surface area contributed by atoms with E-state index >= 15 is 0 Å². The van der Waals surface area contributed by atoms with Gasteiger partial charge in [-0.05, 0) is 36.8 Å². The van der Waals surface area contributed by atoms with Gasteiger partial charge in [-0.15, -0.1) is 0 Å². The summed E-state index contributed by atoms with van der Waals surface area (Å²) in [6.07, 6.45) is 1.80. The molecule has 2 nitrogen and oxygen atoms in total. The van der Waals surface area contributed by atoms with E-state index in [1.54, 1.807) is 6.20 Å². The molecule has 1 aromatic carbocycles. The van der Waals surface area contributed by atoms with E-state index in [0.717, 1.165) is 16.5 Å². The first-order valence-corrected chi connectivity index (χ1v) is 4.74. The van der Waals surface area contributed by atoms with Crippen LogP contribution in [0.4, 0.5) is 0 Å². The van der Waals surface area contributed by atoms with E-state index in [4.69, 9.17) is 18.0 Å². The van der Waals surface area contributed by atoms with E-state index in [1.807, 2.05) is 31.2 Å². The molecule has 70 valence electrons. The number of rotatable bonds is 1. The van der Waals surface area contributed by atoms with Crippen LogP contribution in [0.2, 0.25) is 0 Å². The molecule has 0 aliphatic carbocycles. The van der Waals surface area contributed by atoms with Crippen LogP contribution in [0.5, 0.6) is 0 Å². The fourth-order valence-electron chi connectivity index (χ4n) is 1.44. The molecule has 2 rings (SSSR count). The Labute approximate surface area is 87.8 Å². The van der Waals surface area contributed by atoms with Gasteiger partial charge in [0.25, 0.3) is 0 Å². The molecule has 0 aliphatic rings. The molecule has 0 atom stereocenters. The molecule has 2 N–H and O–H groups in total. The van der Waals surface area contributed by atoms with Gasteiger partial charge in [-0.2, -0.15) is 0 Å². The van der Waals surface area contributed by atoms with Crippen molar-refractivity contribution >= 4 is 28.1 Å². The Morgan fingerprint density at radius 2 is 2.14 bits per heavy atom. The molecule has 0 aliphatic heterocycles. The van der Waals surface area contributed by atoms with E-state index in [9.17, 15) is 0 Å².